The number of fused-ring (bicyclic) bond motifs is 2. The second-order valence-corrected chi connectivity index (χ2v) is 3.92. The summed E-state index contributed by atoms with van der Waals surface area (Å²) in [7, 11) is 0. The lowest BCUT2D eigenvalue weighted by Gasteiger charge is -2.35. The fourth-order valence-corrected chi connectivity index (χ4v) is 1.93. The number of rotatable bonds is 3. The highest BCUT2D eigenvalue weighted by Crippen LogP contribution is 2.32. The normalized spacial score (nSPS) is 39.5. The van der Waals surface area contributed by atoms with Crippen molar-refractivity contribution in [2.24, 2.45) is 5.11 Å². The van der Waals surface area contributed by atoms with Gasteiger partial charge in [-0.05, 0) is 5.53 Å². The number of carbonyl (C=O) groups is 1. The molecule has 0 unspecified atom stereocenters. The molecule has 0 aromatic heterocycles. The van der Waals surface area contributed by atoms with Gasteiger partial charge in [-0.3, -0.25) is 4.79 Å². The van der Waals surface area contributed by atoms with Gasteiger partial charge in [-0.15, -0.1) is 11.6 Å². The second-order valence-electron chi connectivity index (χ2n) is 3.65. The Bertz CT molecular complexity index is 361. The number of ether oxygens (including phenoxy) is 3. The standard InChI is InChI=1S/C8H10ClN3O5/c9-1-4(13)17-7-5(11-12-10)8-15-2-3(16-8)6(7)14/h3,5-8,14H,1-2H2/t3-,5-,6-,7-,8-/m1/s1. The fraction of sp³-hybridized carbons (Fsp3) is 0.875. The lowest BCUT2D eigenvalue weighted by atomic mass is 9.99. The van der Waals surface area contributed by atoms with Crippen LogP contribution in [-0.4, -0.2) is 54.2 Å². The van der Waals surface area contributed by atoms with Crippen molar-refractivity contribution in [3.05, 3.63) is 10.4 Å². The number of hydrogen-bond acceptors (Lipinski definition) is 6. The van der Waals surface area contributed by atoms with Gasteiger partial charge in [0, 0.05) is 4.91 Å². The summed E-state index contributed by atoms with van der Waals surface area (Å²) >= 11 is 5.31. The van der Waals surface area contributed by atoms with Crippen molar-refractivity contribution < 1.29 is 24.1 Å². The van der Waals surface area contributed by atoms with Crippen LogP contribution >= 0.6 is 11.6 Å². The smallest absolute Gasteiger partial charge is 0.321 e. The van der Waals surface area contributed by atoms with Crippen molar-refractivity contribution in [1.29, 1.82) is 0 Å². The highest BCUT2D eigenvalue weighted by Gasteiger charge is 2.51. The molecule has 2 fully saturated rings. The number of esters is 1. The van der Waals surface area contributed by atoms with Gasteiger partial charge >= 0.3 is 5.97 Å². The summed E-state index contributed by atoms with van der Waals surface area (Å²) < 4.78 is 15.4. The van der Waals surface area contributed by atoms with Gasteiger partial charge in [-0.2, -0.15) is 0 Å². The zero-order chi connectivity index (χ0) is 12.4. The number of hydrogen-bond donors (Lipinski definition) is 1. The molecule has 0 aromatic rings. The van der Waals surface area contributed by atoms with Crippen LogP contribution in [0.25, 0.3) is 10.4 Å². The van der Waals surface area contributed by atoms with E-state index in [1.54, 1.807) is 0 Å². The molecule has 0 saturated carbocycles. The van der Waals surface area contributed by atoms with Gasteiger partial charge in [0.15, 0.2) is 6.29 Å². The van der Waals surface area contributed by atoms with Crippen molar-refractivity contribution in [2.75, 3.05) is 12.5 Å². The van der Waals surface area contributed by atoms with E-state index in [9.17, 15) is 9.90 Å². The predicted molar refractivity (Wildman–Crippen MR) is 54.2 cm³/mol. The van der Waals surface area contributed by atoms with E-state index in [4.69, 9.17) is 31.3 Å². The average molecular weight is 264 g/mol. The number of halogens is 1. The summed E-state index contributed by atoms with van der Waals surface area (Å²) in [6.45, 7) is 0.165. The third-order valence-electron chi connectivity index (χ3n) is 2.63. The van der Waals surface area contributed by atoms with Crippen LogP contribution < -0.4 is 0 Å². The van der Waals surface area contributed by atoms with Crippen LogP contribution in [-0.2, 0) is 19.0 Å². The molecule has 0 radical (unpaired) electrons. The van der Waals surface area contributed by atoms with E-state index in [1.165, 1.54) is 0 Å². The van der Waals surface area contributed by atoms with Crippen molar-refractivity contribution in [2.45, 2.75) is 30.6 Å². The quantitative estimate of drug-likeness (QED) is 0.252. The number of carbonyl (C=O) groups excluding carboxylic acids is 1. The van der Waals surface area contributed by atoms with E-state index < -0.39 is 36.6 Å². The van der Waals surface area contributed by atoms with Crippen LogP contribution in [0.5, 0.6) is 0 Å². The molecule has 17 heavy (non-hydrogen) atoms. The van der Waals surface area contributed by atoms with Crippen LogP contribution in [0.15, 0.2) is 5.11 Å². The third-order valence-corrected chi connectivity index (χ3v) is 2.85. The molecular formula is C8H10ClN3O5. The summed E-state index contributed by atoms with van der Waals surface area (Å²) in [5.74, 6) is -1.04. The molecule has 0 spiro atoms. The van der Waals surface area contributed by atoms with Crippen molar-refractivity contribution in [3.8, 4) is 0 Å². The highest BCUT2D eigenvalue weighted by atomic mass is 35.5. The molecule has 2 saturated heterocycles. The van der Waals surface area contributed by atoms with Crippen LogP contribution in [0.3, 0.4) is 0 Å². The van der Waals surface area contributed by atoms with E-state index in [2.05, 4.69) is 10.0 Å². The Morgan fingerprint density at radius 2 is 2.47 bits per heavy atom. The maximum absolute atomic E-state index is 11.1. The van der Waals surface area contributed by atoms with Crippen molar-refractivity contribution in [3.63, 3.8) is 0 Å². The first kappa shape index (κ1) is 12.4. The van der Waals surface area contributed by atoms with E-state index in [0.29, 0.717) is 0 Å². The van der Waals surface area contributed by atoms with Crippen molar-refractivity contribution in [1.82, 2.24) is 0 Å². The topological polar surface area (TPSA) is 114 Å². The van der Waals surface area contributed by atoms with Gasteiger partial charge in [0.1, 0.15) is 30.2 Å². The maximum atomic E-state index is 11.1. The lowest BCUT2D eigenvalue weighted by Crippen LogP contribution is -2.54. The zero-order valence-corrected chi connectivity index (χ0v) is 9.36. The number of aliphatic hydroxyl groups is 1. The first-order valence-electron chi connectivity index (χ1n) is 4.92. The van der Waals surface area contributed by atoms with Gasteiger partial charge in [0.05, 0.1) is 6.61 Å². The Balaban J connectivity index is 2.18. The molecule has 1 N–H and O–H groups in total. The van der Waals surface area contributed by atoms with Gasteiger partial charge in [0.25, 0.3) is 0 Å². The van der Waals surface area contributed by atoms with Crippen LogP contribution in [0.1, 0.15) is 0 Å². The minimum Gasteiger partial charge on any atom is -0.458 e. The van der Waals surface area contributed by atoms with Crippen LogP contribution in [0, 0.1) is 0 Å². The minimum absolute atomic E-state index is 0.165. The van der Waals surface area contributed by atoms with E-state index in [0.717, 1.165) is 0 Å². The Hall–Kier alpha value is -1.05. The first-order valence-corrected chi connectivity index (χ1v) is 5.45. The van der Waals surface area contributed by atoms with E-state index >= 15 is 0 Å². The highest BCUT2D eigenvalue weighted by molar-refractivity contribution is 6.26. The lowest BCUT2D eigenvalue weighted by molar-refractivity contribution is -0.196. The summed E-state index contributed by atoms with van der Waals surface area (Å²) in [5, 5.41) is 13.3. The summed E-state index contributed by atoms with van der Waals surface area (Å²) in [5.41, 5.74) is 8.44. The van der Waals surface area contributed by atoms with E-state index in [-0.39, 0.29) is 12.5 Å². The molecule has 2 bridgehead atoms. The summed E-state index contributed by atoms with van der Waals surface area (Å²) in [6.07, 6.45) is -3.48. The van der Waals surface area contributed by atoms with Gasteiger partial charge in [-0.25, -0.2) is 0 Å². The second kappa shape index (κ2) is 5.07. The third kappa shape index (κ3) is 2.31. The molecule has 94 valence electrons. The van der Waals surface area contributed by atoms with Crippen LogP contribution in [0.4, 0.5) is 0 Å². The van der Waals surface area contributed by atoms with Gasteiger partial charge in [-0.1, -0.05) is 5.11 Å². The van der Waals surface area contributed by atoms with Gasteiger partial charge < -0.3 is 19.3 Å². The first-order chi connectivity index (χ1) is 8.17. The Morgan fingerprint density at radius 3 is 3.12 bits per heavy atom. The molecule has 0 amide bonds. The molecule has 9 heteroatoms. The number of alkyl halides is 1. The van der Waals surface area contributed by atoms with E-state index in [1.807, 2.05) is 0 Å². The fourth-order valence-electron chi connectivity index (χ4n) is 1.87. The monoisotopic (exact) mass is 263 g/mol. The molecule has 0 aliphatic carbocycles. The number of nitrogens with zero attached hydrogens (tertiary/aromatic N) is 3. The number of aliphatic hydroxyl groups excluding tert-OH is 1. The number of azide groups is 1. The predicted octanol–water partition coefficient (Wildman–Crippen LogP) is -0.0681. The zero-order valence-electron chi connectivity index (χ0n) is 8.60. The van der Waals surface area contributed by atoms with Crippen LogP contribution in [0.2, 0.25) is 0 Å². The van der Waals surface area contributed by atoms with Crippen molar-refractivity contribution >= 4 is 17.6 Å². The molecule has 5 atom stereocenters. The molecular weight excluding hydrogens is 254 g/mol. The average Bonchev–Trinajstić information content (AvgIpc) is 2.77. The Kier molecular flexibility index (Phi) is 3.70. The molecule has 2 rings (SSSR count). The Morgan fingerprint density at radius 1 is 1.71 bits per heavy atom. The Labute approximate surface area is 101 Å². The maximum Gasteiger partial charge on any atom is 0.321 e. The largest absolute Gasteiger partial charge is 0.458 e. The molecule has 2 aliphatic heterocycles. The molecule has 8 nitrogen and oxygen atoms in total. The SMILES string of the molecule is [N-]=[N+]=N[C@H]1[C@@H]2OC[C@@H](O2)[C@@H](O)[C@@H]1OC(=O)CCl. The minimum atomic E-state index is -1.10. The molecule has 2 aliphatic rings. The molecule has 0 aromatic carbocycles. The summed E-state index contributed by atoms with van der Waals surface area (Å²) in [6, 6.07) is -0.916. The summed E-state index contributed by atoms with van der Waals surface area (Å²) in [4.78, 5) is 13.8. The van der Waals surface area contributed by atoms with Gasteiger partial charge in [0.2, 0.25) is 0 Å². The molecule has 2 heterocycles.